The summed E-state index contributed by atoms with van der Waals surface area (Å²) in [6.07, 6.45) is 4.62. The van der Waals surface area contributed by atoms with Gasteiger partial charge in [0.2, 0.25) is 5.91 Å². The van der Waals surface area contributed by atoms with E-state index in [0.717, 1.165) is 22.4 Å². The van der Waals surface area contributed by atoms with Crippen LogP contribution in [0.2, 0.25) is 0 Å². The van der Waals surface area contributed by atoms with E-state index in [0.29, 0.717) is 12.8 Å². The fraction of sp³-hybridized carbons (Fsp3) is 0.441. The van der Waals surface area contributed by atoms with Gasteiger partial charge in [-0.15, -0.1) is 24.9 Å². The number of hydrogen-bond donors (Lipinski definition) is 1. The number of hydrogen-bond acceptors (Lipinski definition) is 6. The third-order valence-corrected chi connectivity index (χ3v) is 11.3. The SMILES string of the molecule is C=CCCOC(=O)[C@@H]1[C@@H]2CC(C)C3(S2)C(C(=O)N(CC=C)c2c(C)cccc2C)N([C@H](CO)c2ccccc2)C(=O)[C@H]13. The van der Waals surface area contributed by atoms with Crippen molar-refractivity contribution < 1.29 is 24.2 Å². The number of aryl methyl sites for hydroxylation is 2. The maximum Gasteiger partial charge on any atom is 0.310 e. The van der Waals surface area contributed by atoms with Crippen molar-refractivity contribution in [1.29, 1.82) is 0 Å². The van der Waals surface area contributed by atoms with Crippen LogP contribution in [0, 0.1) is 31.6 Å². The first kappa shape index (κ1) is 30.1. The van der Waals surface area contributed by atoms with E-state index >= 15 is 4.79 Å². The molecule has 2 amide bonds. The van der Waals surface area contributed by atoms with Crippen LogP contribution < -0.4 is 4.90 Å². The molecule has 1 spiro atoms. The molecule has 8 heteroatoms. The molecule has 7 nitrogen and oxygen atoms in total. The second-order valence-corrected chi connectivity index (χ2v) is 13.2. The number of para-hydroxylation sites is 1. The van der Waals surface area contributed by atoms with Crippen molar-refractivity contribution >= 4 is 35.2 Å². The molecule has 1 N–H and O–H groups in total. The summed E-state index contributed by atoms with van der Waals surface area (Å²) in [5.41, 5.74) is 3.41. The van der Waals surface area contributed by atoms with Crippen LogP contribution in [0.4, 0.5) is 5.69 Å². The fourth-order valence-electron chi connectivity index (χ4n) is 7.51. The largest absolute Gasteiger partial charge is 0.465 e. The molecule has 3 saturated heterocycles. The van der Waals surface area contributed by atoms with Gasteiger partial charge in [-0.25, -0.2) is 0 Å². The first-order chi connectivity index (χ1) is 20.2. The predicted octanol–water partition coefficient (Wildman–Crippen LogP) is 5.01. The number of anilines is 1. The molecule has 0 saturated carbocycles. The van der Waals surface area contributed by atoms with E-state index in [-0.39, 0.29) is 42.7 Å². The van der Waals surface area contributed by atoms with Crippen molar-refractivity contribution in [2.45, 2.75) is 55.7 Å². The number of aliphatic hydroxyl groups is 1. The number of rotatable bonds is 11. The van der Waals surface area contributed by atoms with Gasteiger partial charge < -0.3 is 19.6 Å². The van der Waals surface area contributed by atoms with Gasteiger partial charge in [-0.3, -0.25) is 14.4 Å². The second kappa shape index (κ2) is 12.1. The topological polar surface area (TPSA) is 87.2 Å². The summed E-state index contributed by atoms with van der Waals surface area (Å²) in [5, 5.41) is 10.7. The Morgan fingerprint density at radius 2 is 1.83 bits per heavy atom. The van der Waals surface area contributed by atoms with E-state index in [1.807, 2.05) is 62.4 Å². The smallest absolute Gasteiger partial charge is 0.310 e. The molecule has 0 radical (unpaired) electrons. The lowest BCUT2D eigenvalue weighted by Gasteiger charge is -2.42. The lowest BCUT2D eigenvalue weighted by molar-refractivity contribution is -0.154. The molecule has 3 heterocycles. The number of fused-ring (bicyclic) bond motifs is 1. The minimum atomic E-state index is -0.901. The molecule has 42 heavy (non-hydrogen) atoms. The Labute approximate surface area is 252 Å². The van der Waals surface area contributed by atoms with Crippen LogP contribution in [0.5, 0.6) is 0 Å². The summed E-state index contributed by atoms with van der Waals surface area (Å²) >= 11 is 1.60. The van der Waals surface area contributed by atoms with Crippen molar-refractivity contribution in [1.82, 2.24) is 4.90 Å². The minimum absolute atomic E-state index is 0.0173. The lowest BCUT2D eigenvalue weighted by atomic mass is 9.66. The molecule has 0 aliphatic carbocycles. The Kier molecular flexibility index (Phi) is 8.67. The summed E-state index contributed by atoms with van der Waals surface area (Å²) in [4.78, 5) is 46.6. The lowest BCUT2D eigenvalue weighted by Crippen LogP contribution is -2.58. The molecule has 2 bridgehead atoms. The quantitative estimate of drug-likeness (QED) is 0.226. The van der Waals surface area contributed by atoms with Crippen LogP contribution in [-0.2, 0) is 19.1 Å². The van der Waals surface area contributed by atoms with Gasteiger partial charge in [0.05, 0.1) is 35.8 Å². The second-order valence-electron chi connectivity index (χ2n) is 11.6. The van der Waals surface area contributed by atoms with E-state index in [2.05, 4.69) is 20.1 Å². The molecule has 2 aromatic carbocycles. The van der Waals surface area contributed by atoms with Gasteiger partial charge in [0.15, 0.2) is 0 Å². The molecule has 7 atom stereocenters. The number of esters is 1. The highest BCUT2D eigenvalue weighted by atomic mass is 32.2. The van der Waals surface area contributed by atoms with Crippen LogP contribution in [-0.4, -0.2) is 63.6 Å². The van der Waals surface area contributed by atoms with Gasteiger partial charge in [0.25, 0.3) is 5.91 Å². The molecule has 3 unspecified atom stereocenters. The summed E-state index contributed by atoms with van der Waals surface area (Å²) in [7, 11) is 0. The van der Waals surface area contributed by atoms with Crippen LogP contribution in [0.3, 0.4) is 0 Å². The van der Waals surface area contributed by atoms with E-state index in [1.54, 1.807) is 33.7 Å². The van der Waals surface area contributed by atoms with Gasteiger partial charge in [0.1, 0.15) is 6.04 Å². The highest BCUT2D eigenvalue weighted by Crippen LogP contribution is 2.69. The Hall–Kier alpha value is -3.36. The average molecular weight is 589 g/mol. The maximum atomic E-state index is 15.1. The number of thioether (sulfide) groups is 1. The number of nitrogens with zero attached hydrogens (tertiary/aromatic N) is 2. The van der Waals surface area contributed by atoms with Crippen molar-refractivity contribution in [3.8, 4) is 0 Å². The fourth-order valence-corrected chi connectivity index (χ4v) is 9.90. The molecule has 0 aromatic heterocycles. The Morgan fingerprint density at radius 1 is 1.14 bits per heavy atom. The van der Waals surface area contributed by atoms with Gasteiger partial charge >= 0.3 is 5.97 Å². The Bertz CT molecular complexity index is 1360. The number of carbonyl (C=O) groups is 3. The van der Waals surface area contributed by atoms with Crippen molar-refractivity contribution in [2.24, 2.45) is 17.8 Å². The molecule has 3 aliphatic rings. The van der Waals surface area contributed by atoms with Crippen LogP contribution in [0.1, 0.15) is 42.5 Å². The molecule has 3 aliphatic heterocycles. The summed E-state index contributed by atoms with van der Waals surface area (Å²) in [6, 6.07) is 13.6. The Balaban J connectivity index is 1.67. The third-order valence-electron chi connectivity index (χ3n) is 9.24. The van der Waals surface area contributed by atoms with E-state index in [9.17, 15) is 14.7 Å². The zero-order valence-corrected chi connectivity index (χ0v) is 25.4. The molecular weight excluding hydrogens is 548 g/mol. The standard InChI is InChI=1S/C34H40N2O5S/c1-6-8-18-41-33(40)27-26-19-23(5)34(42-26)28(27)31(38)36(25(20-37)24-15-10-9-11-16-24)30(34)32(39)35(17-7-2)29-21(3)13-12-14-22(29)4/h6-7,9-16,23,25-28,30,37H,1-2,8,17-20H2,3-5H3/t23?,25-,26+,27-,28+,30?,34?/m1/s1. The predicted molar refractivity (Wildman–Crippen MR) is 166 cm³/mol. The summed E-state index contributed by atoms with van der Waals surface area (Å²) < 4.78 is 4.80. The van der Waals surface area contributed by atoms with Gasteiger partial charge in [-0.2, -0.15) is 0 Å². The molecule has 222 valence electrons. The molecule has 3 fully saturated rings. The van der Waals surface area contributed by atoms with Crippen LogP contribution in [0.25, 0.3) is 0 Å². The first-order valence-corrected chi connectivity index (χ1v) is 15.5. The normalized spacial score (nSPS) is 28.3. The number of aliphatic hydroxyl groups excluding tert-OH is 1. The van der Waals surface area contributed by atoms with E-state index in [1.165, 1.54) is 0 Å². The maximum absolute atomic E-state index is 15.1. The number of benzene rings is 2. The van der Waals surface area contributed by atoms with Gasteiger partial charge in [-0.1, -0.05) is 67.6 Å². The minimum Gasteiger partial charge on any atom is -0.465 e. The number of ether oxygens (including phenoxy) is 1. The van der Waals surface area contributed by atoms with Crippen LogP contribution >= 0.6 is 11.8 Å². The highest BCUT2D eigenvalue weighted by Gasteiger charge is 2.77. The average Bonchev–Trinajstić information content (AvgIpc) is 3.57. The summed E-state index contributed by atoms with van der Waals surface area (Å²) in [5.74, 6) is -2.31. The van der Waals surface area contributed by atoms with E-state index < -0.39 is 34.6 Å². The zero-order valence-electron chi connectivity index (χ0n) is 24.6. The van der Waals surface area contributed by atoms with E-state index in [4.69, 9.17) is 4.74 Å². The third kappa shape index (κ3) is 4.69. The van der Waals surface area contributed by atoms with Crippen LogP contribution in [0.15, 0.2) is 73.8 Å². The van der Waals surface area contributed by atoms with Gasteiger partial charge in [-0.05, 0) is 49.3 Å². The number of likely N-dealkylation sites (tertiary alicyclic amines) is 1. The van der Waals surface area contributed by atoms with Crippen molar-refractivity contribution in [2.75, 3.05) is 24.7 Å². The molecule has 5 rings (SSSR count). The highest BCUT2D eigenvalue weighted by molar-refractivity contribution is 8.02. The van der Waals surface area contributed by atoms with Gasteiger partial charge in [0, 0.05) is 17.5 Å². The van der Waals surface area contributed by atoms with Crippen molar-refractivity contribution in [3.63, 3.8) is 0 Å². The molecule has 2 aromatic rings. The first-order valence-electron chi connectivity index (χ1n) is 14.6. The Morgan fingerprint density at radius 3 is 2.45 bits per heavy atom. The number of amides is 2. The number of carbonyl (C=O) groups excluding carboxylic acids is 3. The summed E-state index contributed by atoms with van der Waals surface area (Å²) in [6.45, 7) is 13.8. The van der Waals surface area contributed by atoms with Crippen molar-refractivity contribution in [3.05, 3.63) is 90.5 Å². The molecular formula is C34H40N2O5S. The zero-order chi connectivity index (χ0) is 30.2. The monoisotopic (exact) mass is 588 g/mol.